The summed E-state index contributed by atoms with van der Waals surface area (Å²) in [5, 5.41) is 3.83. The van der Waals surface area contributed by atoms with Gasteiger partial charge < -0.3 is 10.1 Å². The summed E-state index contributed by atoms with van der Waals surface area (Å²) < 4.78 is 6.13. The van der Waals surface area contributed by atoms with Crippen LogP contribution in [0.3, 0.4) is 0 Å². The molecule has 3 rings (SSSR count). The van der Waals surface area contributed by atoms with Crippen LogP contribution >= 0.6 is 0 Å². The maximum absolute atomic E-state index is 6.13. The van der Waals surface area contributed by atoms with E-state index in [2.05, 4.69) is 49.5 Å². The molecule has 0 aromatic heterocycles. The standard InChI is InChI=1S/C19H29NO/c1-18(2,16-8-4-3-5-9-16)15-20-17-10-13-21-19(14-17)11-6-7-12-19/h3-5,8-9,17,20H,6-7,10-15H2,1-2H3. The minimum atomic E-state index is 0.183. The zero-order valence-electron chi connectivity index (χ0n) is 13.5. The molecule has 1 N–H and O–H groups in total. The Bertz CT molecular complexity index is 448. The lowest BCUT2D eigenvalue weighted by molar-refractivity contribution is -0.0839. The fraction of sp³-hybridized carbons (Fsp3) is 0.684. The summed E-state index contributed by atoms with van der Waals surface area (Å²) in [6, 6.07) is 11.5. The number of ether oxygens (including phenoxy) is 1. The van der Waals surface area contributed by atoms with Gasteiger partial charge in [0.05, 0.1) is 5.60 Å². The van der Waals surface area contributed by atoms with Gasteiger partial charge in [0.25, 0.3) is 0 Å². The summed E-state index contributed by atoms with van der Waals surface area (Å²) >= 11 is 0. The lowest BCUT2D eigenvalue weighted by atomic mass is 9.83. The minimum absolute atomic E-state index is 0.183. The molecule has 1 aliphatic heterocycles. The molecular weight excluding hydrogens is 258 g/mol. The van der Waals surface area contributed by atoms with Crippen molar-refractivity contribution >= 4 is 0 Å². The van der Waals surface area contributed by atoms with Gasteiger partial charge in [-0.25, -0.2) is 0 Å². The summed E-state index contributed by atoms with van der Waals surface area (Å²) in [4.78, 5) is 0. The van der Waals surface area contributed by atoms with E-state index in [9.17, 15) is 0 Å². The van der Waals surface area contributed by atoms with Gasteiger partial charge in [-0.3, -0.25) is 0 Å². The van der Waals surface area contributed by atoms with Gasteiger partial charge in [0.1, 0.15) is 0 Å². The summed E-state index contributed by atoms with van der Waals surface area (Å²) in [5.74, 6) is 0. The van der Waals surface area contributed by atoms with Crippen molar-refractivity contribution in [2.24, 2.45) is 0 Å². The Morgan fingerprint density at radius 3 is 2.62 bits per heavy atom. The highest BCUT2D eigenvalue weighted by molar-refractivity contribution is 5.23. The number of hydrogen-bond acceptors (Lipinski definition) is 2. The van der Waals surface area contributed by atoms with E-state index in [4.69, 9.17) is 4.74 Å². The van der Waals surface area contributed by atoms with Crippen LogP contribution in [0.15, 0.2) is 30.3 Å². The van der Waals surface area contributed by atoms with Crippen molar-refractivity contribution in [1.29, 1.82) is 0 Å². The molecule has 1 unspecified atom stereocenters. The Morgan fingerprint density at radius 1 is 1.19 bits per heavy atom. The first-order chi connectivity index (χ1) is 10.1. The van der Waals surface area contributed by atoms with Crippen LogP contribution in [0.25, 0.3) is 0 Å². The molecule has 1 saturated heterocycles. The Kier molecular flexibility index (Phi) is 4.37. The number of benzene rings is 1. The van der Waals surface area contributed by atoms with E-state index in [1.54, 1.807) is 0 Å². The van der Waals surface area contributed by atoms with E-state index in [1.165, 1.54) is 37.7 Å². The van der Waals surface area contributed by atoms with Crippen LogP contribution in [0, 0.1) is 0 Å². The molecule has 1 heterocycles. The second-order valence-corrected chi connectivity index (χ2v) is 7.56. The Morgan fingerprint density at radius 2 is 1.90 bits per heavy atom. The van der Waals surface area contributed by atoms with Crippen molar-refractivity contribution in [2.45, 2.75) is 69.4 Å². The van der Waals surface area contributed by atoms with E-state index >= 15 is 0 Å². The predicted molar refractivity (Wildman–Crippen MR) is 87.6 cm³/mol. The van der Waals surface area contributed by atoms with Gasteiger partial charge in [0, 0.05) is 24.6 Å². The van der Waals surface area contributed by atoms with E-state index in [0.29, 0.717) is 6.04 Å². The molecule has 0 radical (unpaired) electrons. The molecular formula is C19H29NO. The van der Waals surface area contributed by atoms with Gasteiger partial charge in [0.15, 0.2) is 0 Å². The van der Waals surface area contributed by atoms with Crippen LogP contribution in [-0.2, 0) is 10.2 Å². The molecule has 0 bridgehead atoms. The van der Waals surface area contributed by atoms with E-state index in [1.807, 2.05) is 0 Å². The van der Waals surface area contributed by atoms with E-state index < -0.39 is 0 Å². The first-order valence-corrected chi connectivity index (χ1v) is 8.53. The maximum Gasteiger partial charge on any atom is 0.0697 e. The molecule has 1 aromatic rings. The molecule has 1 atom stereocenters. The highest BCUT2D eigenvalue weighted by atomic mass is 16.5. The molecule has 0 amide bonds. The fourth-order valence-electron chi connectivity index (χ4n) is 3.96. The third kappa shape index (κ3) is 3.49. The zero-order chi connectivity index (χ0) is 14.8. The normalized spacial score (nSPS) is 25.3. The van der Waals surface area contributed by atoms with Gasteiger partial charge in [-0.05, 0) is 31.2 Å². The first kappa shape index (κ1) is 15.1. The molecule has 2 nitrogen and oxygen atoms in total. The summed E-state index contributed by atoms with van der Waals surface area (Å²) in [7, 11) is 0. The summed E-state index contributed by atoms with van der Waals surface area (Å²) in [5.41, 5.74) is 1.81. The molecule has 2 aliphatic rings. The molecule has 1 aliphatic carbocycles. The Labute approximate surface area is 129 Å². The van der Waals surface area contributed by atoms with Crippen LogP contribution in [0.2, 0.25) is 0 Å². The molecule has 116 valence electrons. The van der Waals surface area contributed by atoms with Gasteiger partial charge in [-0.1, -0.05) is 57.0 Å². The van der Waals surface area contributed by atoms with Crippen LogP contribution in [0.1, 0.15) is 57.9 Å². The van der Waals surface area contributed by atoms with Gasteiger partial charge in [0.2, 0.25) is 0 Å². The third-order valence-electron chi connectivity index (χ3n) is 5.40. The third-order valence-corrected chi connectivity index (χ3v) is 5.40. The lowest BCUT2D eigenvalue weighted by Crippen LogP contribution is -2.48. The SMILES string of the molecule is CC(C)(CNC1CCOC2(CCCC2)C1)c1ccccc1. The summed E-state index contributed by atoms with van der Waals surface area (Å²) in [6.07, 6.45) is 7.61. The van der Waals surface area contributed by atoms with Crippen molar-refractivity contribution in [1.82, 2.24) is 5.32 Å². The van der Waals surface area contributed by atoms with E-state index in [-0.39, 0.29) is 11.0 Å². The highest BCUT2D eigenvalue weighted by Gasteiger charge is 2.40. The quantitative estimate of drug-likeness (QED) is 0.902. The zero-order valence-corrected chi connectivity index (χ0v) is 13.5. The minimum Gasteiger partial charge on any atom is -0.375 e. The van der Waals surface area contributed by atoms with Crippen LogP contribution in [0.4, 0.5) is 0 Å². The topological polar surface area (TPSA) is 21.3 Å². The first-order valence-electron chi connectivity index (χ1n) is 8.53. The Balaban J connectivity index is 1.57. The van der Waals surface area contributed by atoms with Crippen LogP contribution in [0.5, 0.6) is 0 Å². The molecule has 1 saturated carbocycles. The smallest absolute Gasteiger partial charge is 0.0697 e. The molecule has 1 aromatic carbocycles. The monoisotopic (exact) mass is 287 g/mol. The molecule has 2 heteroatoms. The average molecular weight is 287 g/mol. The maximum atomic E-state index is 6.13. The second-order valence-electron chi connectivity index (χ2n) is 7.56. The second kappa shape index (κ2) is 6.10. The molecule has 21 heavy (non-hydrogen) atoms. The van der Waals surface area contributed by atoms with Crippen LogP contribution < -0.4 is 5.32 Å². The highest BCUT2D eigenvalue weighted by Crippen LogP contribution is 2.40. The number of rotatable bonds is 4. The summed E-state index contributed by atoms with van der Waals surface area (Å²) in [6.45, 7) is 6.64. The fourth-order valence-corrected chi connectivity index (χ4v) is 3.96. The molecule has 1 spiro atoms. The van der Waals surface area contributed by atoms with Gasteiger partial charge in [-0.2, -0.15) is 0 Å². The average Bonchev–Trinajstić information content (AvgIpc) is 2.94. The largest absolute Gasteiger partial charge is 0.375 e. The van der Waals surface area contributed by atoms with Crippen LogP contribution in [-0.4, -0.2) is 24.8 Å². The number of hydrogen-bond donors (Lipinski definition) is 1. The van der Waals surface area contributed by atoms with Crippen molar-refractivity contribution in [3.63, 3.8) is 0 Å². The van der Waals surface area contributed by atoms with Gasteiger partial charge >= 0.3 is 0 Å². The van der Waals surface area contributed by atoms with Gasteiger partial charge in [-0.15, -0.1) is 0 Å². The van der Waals surface area contributed by atoms with Crippen molar-refractivity contribution in [2.75, 3.05) is 13.2 Å². The van der Waals surface area contributed by atoms with Crippen molar-refractivity contribution in [3.05, 3.63) is 35.9 Å². The molecule has 2 fully saturated rings. The lowest BCUT2D eigenvalue weighted by Gasteiger charge is -2.40. The number of nitrogens with one attached hydrogen (secondary N) is 1. The Hall–Kier alpha value is -0.860. The van der Waals surface area contributed by atoms with Crippen molar-refractivity contribution in [3.8, 4) is 0 Å². The van der Waals surface area contributed by atoms with E-state index in [0.717, 1.165) is 19.6 Å². The predicted octanol–water partition coefficient (Wildman–Crippen LogP) is 4.05. The van der Waals surface area contributed by atoms with Crippen molar-refractivity contribution < 1.29 is 4.74 Å².